The van der Waals surface area contributed by atoms with E-state index in [0.29, 0.717) is 6.04 Å². The number of hydrogen-bond acceptors (Lipinski definition) is 3. The lowest BCUT2D eigenvalue weighted by atomic mass is 9.91. The fraction of sp³-hybridized carbons (Fsp3) is 0.625. The van der Waals surface area contributed by atoms with E-state index in [4.69, 9.17) is 0 Å². The summed E-state index contributed by atoms with van der Waals surface area (Å²) in [6, 6.07) is 2.32. The summed E-state index contributed by atoms with van der Waals surface area (Å²) in [5, 5.41) is 3.25. The number of nitrogens with one attached hydrogen (secondary N) is 1. The van der Waals surface area contributed by atoms with Crippen LogP contribution in [0.2, 0.25) is 0 Å². The number of rotatable bonds is 3. The molecule has 2 atom stereocenters. The van der Waals surface area contributed by atoms with Crippen LogP contribution in [-0.2, 0) is 0 Å². The van der Waals surface area contributed by atoms with Gasteiger partial charge < -0.3 is 10.2 Å². The standard InChI is InChI=1S/C16H23N3O/c1-2-18-14-11-17-9-8-13(14)16(20)19-10-4-6-12-5-3-7-15(12)19/h8-9,11-12,15,18H,2-7,10H2,1H3. The average molecular weight is 273 g/mol. The molecule has 4 nitrogen and oxygen atoms in total. The number of anilines is 1. The molecule has 1 aromatic heterocycles. The van der Waals surface area contributed by atoms with E-state index in [1.807, 2.05) is 13.0 Å². The third-order valence-electron chi connectivity index (χ3n) is 4.67. The molecule has 1 amide bonds. The van der Waals surface area contributed by atoms with Gasteiger partial charge in [0.25, 0.3) is 5.91 Å². The molecule has 1 saturated carbocycles. The number of nitrogens with zero attached hydrogens (tertiary/aromatic N) is 2. The summed E-state index contributed by atoms with van der Waals surface area (Å²) < 4.78 is 0. The van der Waals surface area contributed by atoms with Gasteiger partial charge in [-0.05, 0) is 44.6 Å². The smallest absolute Gasteiger partial charge is 0.256 e. The summed E-state index contributed by atoms with van der Waals surface area (Å²) in [4.78, 5) is 19.1. The molecule has 108 valence electrons. The maximum Gasteiger partial charge on any atom is 0.256 e. The van der Waals surface area contributed by atoms with E-state index in [1.165, 1.54) is 25.7 Å². The highest BCUT2D eigenvalue weighted by molar-refractivity contribution is 5.99. The Morgan fingerprint density at radius 1 is 1.40 bits per heavy atom. The van der Waals surface area contributed by atoms with Crippen LogP contribution in [0, 0.1) is 5.92 Å². The van der Waals surface area contributed by atoms with Crippen LogP contribution >= 0.6 is 0 Å². The maximum absolute atomic E-state index is 12.9. The molecule has 0 bridgehead atoms. The van der Waals surface area contributed by atoms with Crippen LogP contribution in [0.5, 0.6) is 0 Å². The molecule has 0 spiro atoms. The van der Waals surface area contributed by atoms with E-state index < -0.39 is 0 Å². The van der Waals surface area contributed by atoms with Crippen LogP contribution in [0.1, 0.15) is 49.4 Å². The van der Waals surface area contributed by atoms with Gasteiger partial charge in [-0.2, -0.15) is 0 Å². The van der Waals surface area contributed by atoms with E-state index in [1.54, 1.807) is 12.4 Å². The second-order valence-electron chi connectivity index (χ2n) is 5.85. The fourth-order valence-corrected chi connectivity index (χ4v) is 3.77. The Balaban J connectivity index is 1.84. The van der Waals surface area contributed by atoms with E-state index in [2.05, 4.69) is 15.2 Å². The second kappa shape index (κ2) is 5.81. The van der Waals surface area contributed by atoms with E-state index in [-0.39, 0.29) is 5.91 Å². The van der Waals surface area contributed by atoms with Crippen molar-refractivity contribution in [2.24, 2.45) is 5.92 Å². The Hall–Kier alpha value is -1.58. The number of amides is 1. The van der Waals surface area contributed by atoms with Crippen molar-refractivity contribution >= 4 is 11.6 Å². The molecule has 2 heterocycles. The van der Waals surface area contributed by atoms with Crippen molar-refractivity contribution in [1.82, 2.24) is 9.88 Å². The molecular weight excluding hydrogens is 250 g/mol. The number of piperidine rings is 1. The number of likely N-dealkylation sites (tertiary alicyclic amines) is 1. The Bertz CT molecular complexity index is 488. The zero-order valence-corrected chi connectivity index (χ0v) is 12.1. The SMILES string of the molecule is CCNc1cnccc1C(=O)N1CCCC2CCCC21. The Morgan fingerprint density at radius 2 is 2.25 bits per heavy atom. The molecule has 2 unspecified atom stereocenters. The molecule has 20 heavy (non-hydrogen) atoms. The lowest BCUT2D eigenvalue weighted by Crippen LogP contribution is -2.46. The zero-order chi connectivity index (χ0) is 13.9. The third-order valence-corrected chi connectivity index (χ3v) is 4.67. The first-order valence-corrected chi connectivity index (χ1v) is 7.80. The van der Waals surface area contributed by atoms with Crippen molar-refractivity contribution in [1.29, 1.82) is 0 Å². The predicted molar refractivity (Wildman–Crippen MR) is 79.8 cm³/mol. The quantitative estimate of drug-likeness (QED) is 0.921. The summed E-state index contributed by atoms with van der Waals surface area (Å²) in [5.41, 5.74) is 1.63. The molecule has 2 fully saturated rings. The van der Waals surface area contributed by atoms with Crippen molar-refractivity contribution in [2.45, 2.75) is 45.1 Å². The first-order chi connectivity index (χ1) is 9.81. The monoisotopic (exact) mass is 273 g/mol. The molecule has 0 aromatic carbocycles. The first kappa shape index (κ1) is 13.4. The normalized spacial score (nSPS) is 25.4. The molecule has 2 aliphatic rings. The van der Waals surface area contributed by atoms with Gasteiger partial charge in [-0.3, -0.25) is 9.78 Å². The van der Waals surface area contributed by atoms with Gasteiger partial charge in [0.15, 0.2) is 0 Å². The molecule has 1 N–H and O–H groups in total. The van der Waals surface area contributed by atoms with Crippen LogP contribution in [0.25, 0.3) is 0 Å². The summed E-state index contributed by atoms with van der Waals surface area (Å²) in [6.07, 6.45) is 9.66. The summed E-state index contributed by atoms with van der Waals surface area (Å²) in [7, 11) is 0. The first-order valence-electron chi connectivity index (χ1n) is 7.80. The van der Waals surface area contributed by atoms with Crippen LogP contribution in [0.3, 0.4) is 0 Å². The minimum atomic E-state index is 0.181. The van der Waals surface area contributed by atoms with Crippen LogP contribution in [0.4, 0.5) is 5.69 Å². The highest BCUT2D eigenvalue weighted by Crippen LogP contribution is 2.37. The van der Waals surface area contributed by atoms with Crippen LogP contribution in [-0.4, -0.2) is 34.9 Å². The van der Waals surface area contributed by atoms with Gasteiger partial charge in [0, 0.05) is 25.3 Å². The zero-order valence-electron chi connectivity index (χ0n) is 12.1. The number of carbonyl (C=O) groups excluding carboxylic acids is 1. The van der Waals surface area contributed by atoms with Gasteiger partial charge in [-0.15, -0.1) is 0 Å². The Morgan fingerprint density at radius 3 is 3.10 bits per heavy atom. The topological polar surface area (TPSA) is 45.2 Å². The van der Waals surface area contributed by atoms with Gasteiger partial charge in [-0.1, -0.05) is 6.42 Å². The second-order valence-corrected chi connectivity index (χ2v) is 5.85. The van der Waals surface area contributed by atoms with Crippen molar-refractivity contribution in [3.05, 3.63) is 24.0 Å². The van der Waals surface area contributed by atoms with E-state index in [9.17, 15) is 4.79 Å². The predicted octanol–water partition coefficient (Wildman–Crippen LogP) is 2.92. The fourth-order valence-electron chi connectivity index (χ4n) is 3.77. The molecule has 1 aliphatic heterocycles. The molecule has 3 rings (SSSR count). The van der Waals surface area contributed by atoms with Gasteiger partial charge in [0.05, 0.1) is 17.4 Å². The summed E-state index contributed by atoms with van der Waals surface area (Å²) in [6.45, 7) is 3.75. The van der Waals surface area contributed by atoms with Crippen molar-refractivity contribution in [3.63, 3.8) is 0 Å². The van der Waals surface area contributed by atoms with Crippen molar-refractivity contribution < 1.29 is 4.79 Å². The minimum absolute atomic E-state index is 0.181. The minimum Gasteiger partial charge on any atom is -0.383 e. The maximum atomic E-state index is 12.9. The molecule has 1 aromatic rings. The molecule has 1 saturated heterocycles. The van der Waals surface area contributed by atoms with Gasteiger partial charge in [-0.25, -0.2) is 0 Å². The lowest BCUT2D eigenvalue weighted by Gasteiger charge is -2.38. The van der Waals surface area contributed by atoms with Gasteiger partial charge >= 0.3 is 0 Å². The summed E-state index contributed by atoms with van der Waals surface area (Å²) >= 11 is 0. The number of aromatic nitrogens is 1. The van der Waals surface area contributed by atoms with Crippen LogP contribution < -0.4 is 5.32 Å². The Kier molecular flexibility index (Phi) is 3.90. The molecule has 1 aliphatic carbocycles. The highest BCUT2D eigenvalue weighted by atomic mass is 16.2. The number of pyridine rings is 1. The third kappa shape index (κ3) is 2.39. The van der Waals surface area contributed by atoms with Gasteiger partial charge in [0.1, 0.15) is 0 Å². The van der Waals surface area contributed by atoms with Gasteiger partial charge in [0.2, 0.25) is 0 Å². The van der Waals surface area contributed by atoms with E-state index in [0.717, 1.165) is 36.7 Å². The summed E-state index contributed by atoms with van der Waals surface area (Å²) in [5.74, 6) is 0.914. The van der Waals surface area contributed by atoms with Crippen molar-refractivity contribution in [3.8, 4) is 0 Å². The molecule has 0 radical (unpaired) electrons. The number of fused-ring (bicyclic) bond motifs is 1. The van der Waals surface area contributed by atoms with Crippen molar-refractivity contribution in [2.75, 3.05) is 18.4 Å². The van der Waals surface area contributed by atoms with Crippen LogP contribution in [0.15, 0.2) is 18.5 Å². The number of carbonyl (C=O) groups is 1. The molecular formula is C16H23N3O. The number of hydrogen-bond donors (Lipinski definition) is 1. The van der Waals surface area contributed by atoms with E-state index >= 15 is 0 Å². The average Bonchev–Trinajstić information content (AvgIpc) is 2.96. The highest BCUT2D eigenvalue weighted by Gasteiger charge is 2.37. The Labute approximate surface area is 120 Å². The largest absolute Gasteiger partial charge is 0.383 e. The molecule has 4 heteroatoms. The lowest BCUT2D eigenvalue weighted by molar-refractivity contribution is 0.0549.